The molecule has 0 saturated heterocycles. The number of hydrogen-bond donors (Lipinski definition) is 0. The van der Waals surface area contributed by atoms with Crippen LogP contribution in [0.2, 0.25) is 5.02 Å². The van der Waals surface area contributed by atoms with Gasteiger partial charge in [0.15, 0.2) is 0 Å². The van der Waals surface area contributed by atoms with Gasteiger partial charge in [0, 0.05) is 18.1 Å². The number of nitrogens with zero attached hydrogens (tertiary/aromatic N) is 5. The standard InChI is InChI=1S/C20H22ClN5OS/c1-3-11-25(13-16-9-7-15(2)8-10-16)19(27)14-28-20-22-23-24-26(20)18-6-4-5-17(21)12-18/h4-10,12H,3,11,13-14H2,1-2H3. The minimum absolute atomic E-state index is 0.0630. The second-order valence-corrected chi connectivity index (χ2v) is 7.82. The average Bonchev–Trinajstić information content (AvgIpc) is 3.16. The lowest BCUT2D eigenvalue weighted by Crippen LogP contribution is -2.32. The third kappa shape index (κ3) is 5.33. The summed E-state index contributed by atoms with van der Waals surface area (Å²) in [6.45, 7) is 5.45. The van der Waals surface area contributed by atoms with E-state index in [1.54, 1.807) is 16.8 Å². The van der Waals surface area contributed by atoms with Crippen molar-refractivity contribution < 1.29 is 4.79 Å². The molecule has 3 aromatic rings. The molecule has 0 N–H and O–H groups in total. The molecule has 0 aliphatic carbocycles. The third-order valence-corrected chi connectivity index (χ3v) is 5.30. The van der Waals surface area contributed by atoms with E-state index in [1.165, 1.54) is 17.3 Å². The van der Waals surface area contributed by atoms with Crippen molar-refractivity contribution in [3.63, 3.8) is 0 Å². The van der Waals surface area contributed by atoms with Crippen LogP contribution >= 0.6 is 23.4 Å². The van der Waals surface area contributed by atoms with Crippen molar-refractivity contribution in [3.8, 4) is 5.69 Å². The second kappa shape index (κ2) is 9.71. The van der Waals surface area contributed by atoms with E-state index >= 15 is 0 Å². The SMILES string of the molecule is CCCN(Cc1ccc(C)cc1)C(=O)CSc1nnnn1-c1cccc(Cl)c1. The Bertz CT molecular complexity index is 928. The van der Waals surface area contributed by atoms with Gasteiger partial charge < -0.3 is 4.90 Å². The first kappa shape index (κ1) is 20.4. The number of halogens is 1. The van der Waals surface area contributed by atoms with Gasteiger partial charge in [0.05, 0.1) is 11.4 Å². The highest BCUT2D eigenvalue weighted by atomic mass is 35.5. The Morgan fingerprint density at radius 1 is 1.21 bits per heavy atom. The molecule has 0 spiro atoms. The van der Waals surface area contributed by atoms with Crippen molar-refractivity contribution in [3.05, 3.63) is 64.7 Å². The van der Waals surface area contributed by atoms with Crippen LogP contribution in [0.4, 0.5) is 0 Å². The fourth-order valence-electron chi connectivity index (χ4n) is 2.73. The zero-order valence-corrected chi connectivity index (χ0v) is 17.5. The summed E-state index contributed by atoms with van der Waals surface area (Å²) in [6.07, 6.45) is 0.905. The summed E-state index contributed by atoms with van der Waals surface area (Å²) in [6, 6.07) is 15.5. The van der Waals surface area contributed by atoms with E-state index in [4.69, 9.17) is 11.6 Å². The third-order valence-electron chi connectivity index (χ3n) is 4.16. The van der Waals surface area contributed by atoms with Crippen molar-refractivity contribution >= 4 is 29.3 Å². The molecular formula is C20H22ClN5OS. The quantitative estimate of drug-likeness (QED) is 0.517. The van der Waals surface area contributed by atoms with Crippen LogP contribution in [-0.4, -0.2) is 43.3 Å². The molecule has 0 atom stereocenters. The largest absolute Gasteiger partial charge is 0.338 e. The van der Waals surface area contributed by atoms with Crippen LogP contribution in [0.3, 0.4) is 0 Å². The van der Waals surface area contributed by atoms with Crippen molar-refractivity contribution in [2.24, 2.45) is 0 Å². The van der Waals surface area contributed by atoms with Gasteiger partial charge in [-0.1, -0.05) is 66.2 Å². The van der Waals surface area contributed by atoms with Gasteiger partial charge in [-0.3, -0.25) is 4.79 Å². The normalized spacial score (nSPS) is 10.8. The van der Waals surface area contributed by atoms with E-state index < -0.39 is 0 Å². The first-order chi connectivity index (χ1) is 13.6. The van der Waals surface area contributed by atoms with E-state index in [9.17, 15) is 4.79 Å². The first-order valence-corrected chi connectivity index (χ1v) is 10.4. The van der Waals surface area contributed by atoms with Crippen molar-refractivity contribution in [1.82, 2.24) is 25.1 Å². The van der Waals surface area contributed by atoms with Crippen molar-refractivity contribution in [1.29, 1.82) is 0 Å². The molecule has 0 fully saturated rings. The molecule has 0 bridgehead atoms. The van der Waals surface area contributed by atoms with Crippen molar-refractivity contribution in [2.75, 3.05) is 12.3 Å². The number of benzene rings is 2. The molecule has 0 saturated carbocycles. The molecule has 1 heterocycles. The van der Waals surface area contributed by atoms with Crippen LogP contribution in [-0.2, 0) is 11.3 Å². The van der Waals surface area contributed by atoms with Gasteiger partial charge in [0.25, 0.3) is 0 Å². The van der Waals surface area contributed by atoms with Gasteiger partial charge in [-0.25, -0.2) is 0 Å². The summed E-state index contributed by atoms with van der Waals surface area (Å²) in [7, 11) is 0. The second-order valence-electron chi connectivity index (χ2n) is 6.44. The maximum absolute atomic E-state index is 12.8. The van der Waals surface area contributed by atoms with Gasteiger partial charge >= 0.3 is 0 Å². The predicted octanol–water partition coefficient (Wildman–Crippen LogP) is 4.16. The van der Waals surface area contributed by atoms with Crippen LogP contribution in [0, 0.1) is 6.92 Å². The lowest BCUT2D eigenvalue weighted by Gasteiger charge is -2.22. The predicted molar refractivity (Wildman–Crippen MR) is 112 cm³/mol. The number of thioether (sulfide) groups is 1. The van der Waals surface area contributed by atoms with Gasteiger partial charge in [-0.15, -0.1) is 5.10 Å². The molecule has 0 radical (unpaired) electrons. The number of amides is 1. The lowest BCUT2D eigenvalue weighted by molar-refractivity contribution is -0.129. The van der Waals surface area contributed by atoms with E-state index in [2.05, 4.69) is 53.6 Å². The molecule has 3 rings (SSSR count). The zero-order chi connectivity index (χ0) is 19.9. The highest BCUT2D eigenvalue weighted by Crippen LogP contribution is 2.21. The van der Waals surface area contributed by atoms with Gasteiger partial charge in [-0.05, 0) is 47.5 Å². The summed E-state index contributed by atoms with van der Waals surface area (Å²) in [5, 5.41) is 13.0. The number of hydrogen-bond acceptors (Lipinski definition) is 5. The molecule has 6 nitrogen and oxygen atoms in total. The molecule has 28 heavy (non-hydrogen) atoms. The number of carbonyl (C=O) groups excluding carboxylic acids is 1. The summed E-state index contributed by atoms with van der Waals surface area (Å²) >= 11 is 7.38. The summed E-state index contributed by atoms with van der Waals surface area (Å²) in [5.74, 6) is 0.334. The lowest BCUT2D eigenvalue weighted by atomic mass is 10.1. The van der Waals surface area contributed by atoms with Crippen LogP contribution < -0.4 is 0 Å². The molecule has 1 amide bonds. The summed E-state index contributed by atoms with van der Waals surface area (Å²) < 4.78 is 1.59. The molecule has 0 aliphatic rings. The average molecular weight is 416 g/mol. The molecule has 0 aliphatic heterocycles. The van der Waals surface area contributed by atoms with Gasteiger partial charge in [-0.2, -0.15) is 4.68 Å². The Kier molecular flexibility index (Phi) is 7.06. The maximum Gasteiger partial charge on any atom is 0.233 e. The fourth-order valence-corrected chi connectivity index (χ4v) is 3.71. The van der Waals surface area contributed by atoms with Gasteiger partial charge in [0.1, 0.15) is 0 Å². The molecular weight excluding hydrogens is 394 g/mol. The molecule has 146 valence electrons. The molecule has 2 aromatic carbocycles. The summed E-state index contributed by atoms with van der Waals surface area (Å²) in [5.41, 5.74) is 3.10. The maximum atomic E-state index is 12.8. The molecule has 1 aromatic heterocycles. The van der Waals surface area contributed by atoms with Crippen molar-refractivity contribution in [2.45, 2.75) is 32.0 Å². The first-order valence-electron chi connectivity index (χ1n) is 9.07. The molecule has 8 heteroatoms. The number of aromatic nitrogens is 4. The Hall–Kier alpha value is -2.38. The number of aryl methyl sites for hydroxylation is 1. The Balaban J connectivity index is 1.66. The monoisotopic (exact) mass is 415 g/mol. The van der Waals surface area contributed by atoms with Crippen LogP contribution in [0.5, 0.6) is 0 Å². The number of carbonyl (C=O) groups is 1. The summed E-state index contributed by atoms with van der Waals surface area (Å²) in [4.78, 5) is 14.7. The topological polar surface area (TPSA) is 63.9 Å². The van der Waals surface area contributed by atoms with E-state index in [0.29, 0.717) is 23.3 Å². The highest BCUT2D eigenvalue weighted by molar-refractivity contribution is 7.99. The minimum atomic E-state index is 0.0630. The Morgan fingerprint density at radius 3 is 2.71 bits per heavy atom. The number of rotatable bonds is 8. The zero-order valence-electron chi connectivity index (χ0n) is 15.9. The smallest absolute Gasteiger partial charge is 0.233 e. The van der Waals surface area contributed by atoms with Crippen LogP contribution in [0.25, 0.3) is 5.69 Å². The number of tetrazole rings is 1. The van der Waals surface area contributed by atoms with E-state index in [0.717, 1.165) is 17.7 Å². The van der Waals surface area contributed by atoms with E-state index in [-0.39, 0.29) is 11.7 Å². The van der Waals surface area contributed by atoms with Crippen LogP contribution in [0.1, 0.15) is 24.5 Å². The van der Waals surface area contributed by atoms with E-state index in [1.807, 2.05) is 17.0 Å². The highest BCUT2D eigenvalue weighted by Gasteiger charge is 2.17. The fraction of sp³-hybridized carbons (Fsp3) is 0.300. The Labute approximate surface area is 173 Å². The minimum Gasteiger partial charge on any atom is -0.338 e. The Morgan fingerprint density at radius 2 is 2.00 bits per heavy atom. The van der Waals surface area contributed by atoms with Crippen LogP contribution in [0.15, 0.2) is 53.7 Å². The van der Waals surface area contributed by atoms with Gasteiger partial charge in [0.2, 0.25) is 11.1 Å². The molecule has 0 unspecified atom stereocenters.